The van der Waals surface area contributed by atoms with E-state index < -0.39 is 0 Å². The maximum absolute atomic E-state index is 5.85. The van der Waals surface area contributed by atoms with Crippen LogP contribution in [0.15, 0.2) is 18.2 Å². The van der Waals surface area contributed by atoms with E-state index in [2.05, 4.69) is 32.0 Å². The molecule has 0 aliphatic heterocycles. The summed E-state index contributed by atoms with van der Waals surface area (Å²) in [5.74, 6) is 0. The lowest BCUT2D eigenvalue weighted by atomic mass is 9.82. The lowest BCUT2D eigenvalue weighted by Gasteiger charge is -2.24. The fourth-order valence-corrected chi connectivity index (χ4v) is 2.54. The first-order valence-corrected chi connectivity index (χ1v) is 4.96. The number of aryl methyl sites for hydroxylation is 2. The van der Waals surface area contributed by atoms with E-state index in [1.165, 1.54) is 29.5 Å². The van der Waals surface area contributed by atoms with E-state index in [0.29, 0.717) is 0 Å². The van der Waals surface area contributed by atoms with Crippen LogP contribution in [0.25, 0.3) is 0 Å². The minimum atomic E-state index is 0.237. The van der Waals surface area contributed by atoms with Gasteiger partial charge in [0.1, 0.15) is 0 Å². The molecule has 0 heterocycles. The Morgan fingerprint density at radius 3 is 2.92 bits per heavy atom. The predicted molar refractivity (Wildman–Crippen MR) is 55.9 cm³/mol. The molecule has 0 spiro atoms. The van der Waals surface area contributed by atoms with Crippen LogP contribution in [-0.2, 0) is 11.8 Å². The van der Waals surface area contributed by atoms with Crippen LogP contribution in [0.4, 0.5) is 0 Å². The summed E-state index contributed by atoms with van der Waals surface area (Å²) in [7, 11) is 0. The highest BCUT2D eigenvalue weighted by Crippen LogP contribution is 2.39. The van der Waals surface area contributed by atoms with Gasteiger partial charge in [0.2, 0.25) is 0 Å². The van der Waals surface area contributed by atoms with E-state index in [1.54, 1.807) is 0 Å². The molecule has 1 aliphatic rings. The Kier molecular flexibility index (Phi) is 1.92. The van der Waals surface area contributed by atoms with Crippen molar-refractivity contribution in [2.75, 3.05) is 6.54 Å². The van der Waals surface area contributed by atoms with Crippen molar-refractivity contribution in [3.05, 3.63) is 34.9 Å². The first-order valence-electron chi connectivity index (χ1n) is 4.96. The van der Waals surface area contributed by atoms with Crippen molar-refractivity contribution >= 4 is 0 Å². The summed E-state index contributed by atoms with van der Waals surface area (Å²) < 4.78 is 0. The quantitative estimate of drug-likeness (QED) is 0.695. The minimum Gasteiger partial charge on any atom is -0.330 e. The molecular formula is C12H17N. The number of nitrogens with two attached hydrogens (primary N) is 1. The van der Waals surface area contributed by atoms with Gasteiger partial charge in [-0.1, -0.05) is 25.1 Å². The summed E-state index contributed by atoms with van der Waals surface area (Å²) in [6.07, 6.45) is 2.41. The van der Waals surface area contributed by atoms with Crippen molar-refractivity contribution in [3.63, 3.8) is 0 Å². The van der Waals surface area contributed by atoms with Gasteiger partial charge in [0.25, 0.3) is 0 Å². The molecule has 1 unspecified atom stereocenters. The molecule has 0 saturated carbocycles. The van der Waals surface area contributed by atoms with E-state index in [1.807, 2.05) is 0 Å². The lowest BCUT2D eigenvalue weighted by molar-refractivity contribution is 0.479. The number of benzene rings is 1. The molecule has 0 radical (unpaired) electrons. The molecular weight excluding hydrogens is 158 g/mol. The van der Waals surface area contributed by atoms with Gasteiger partial charge in [-0.15, -0.1) is 0 Å². The van der Waals surface area contributed by atoms with Crippen LogP contribution in [0.2, 0.25) is 0 Å². The second kappa shape index (κ2) is 2.85. The Labute approximate surface area is 80.0 Å². The SMILES string of the molecule is Cc1cccc2c1C(C)(CN)CC2. The van der Waals surface area contributed by atoms with Crippen molar-refractivity contribution < 1.29 is 0 Å². The van der Waals surface area contributed by atoms with Crippen LogP contribution in [0.5, 0.6) is 0 Å². The third-order valence-electron chi connectivity index (χ3n) is 3.36. The average molecular weight is 175 g/mol. The highest BCUT2D eigenvalue weighted by molar-refractivity contribution is 5.44. The predicted octanol–water partition coefficient (Wildman–Crippen LogP) is 2.16. The molecule has 0 saturated heterocycles. The summed E-state index contributed by atoms with van der Waals surface area (Å²) in [6, 6.07) is 6.58. The summed E-state index contributed by atoms with van der Waals surface area (Å²) in [5, 5.41) is 0. The number of rotatable bonds is 1. The maximum atomic E-state index is 5.85. The van der Waals surface area contributed by atoms with Gasteiger partial charge in [-0.05, 0) is 36.5 Å². The molecule has 1 atom stereocenters. The summed E-state index contributed by atoms with van der Waals surface area (Å²) in [6.45, 7) is 5.24. The average Bonchev–Trinajstić information content (AvgIpc) is 2.47. The number of hydrogen-bond acceptors (Lipinski definition) is 1. The van der Waals surface area contributed by atoms with Gasteiger partial charge >= 0.3 is 0 Å². The van der Waals surface area contributed by atoms with Crippen LogP contribution in [0.1, 0.15) is 30.0 Å². The van der Waals surface area contributed by atoms with Crippen LogP contribution in [-0.4, -0.2) is 6.54 Å². The molecule has 1 nitrogen and oxygen atoms in total. The second-order valence-corrected chi connectivity index (χ2v) is 4.37. The molecule has 0 fully saturated rings. The maximum Gasteiger partial charge on any atom is 0.00558 e. The molecule has 1 aliphatic carbocycles. The molecule has 70 valence electrons. The van der Waals surface area contributed by atoms with Gasteiger partial charge < -0.3 is 5.73 Å². The first kappa shape index (κ1) is 8.76. The molecule has 2 rings (SSSR count). The van der Waals surface area contributed by atoms with Gasteiger partial charge in [-0.2, -0.15) is 0 Å². The Balaban J connectivity index is 2.58. The standard InChI is InChI=1S/C12H17N/c1-9-4-3-5-10-6-7-12(2,8-13)11(9)10/h3-5H,6-8,13H2,1-2H3. The van der Waals surface area contributed by atoms with Crippen molar-refractivity contribution in [2.24, 2.45) is 5.73 Å². The minimum absolute atomic E-state index is 0.237. The smallest absolute Gasteiger partial charge is 0.00558 e. The third kappa shape index (κ3) is 1.19. The summed E-state index contributed by atoms with van der Waals surface area (Å²) >= 11 is 0. The van der Waals surface area contributed by atoms with Crippen LogP contribution in [0.3, 0.4) is 0 Å². The van der Waals surface area contributed by atoms with E-state index in [-0.39, 0.29) is 5.41 Å². The zero-order chi connectivity index (χ0) is 9.47. The molecule has 0 bridgehead atoms. The highest BCUT2D eigenvalue weighted by atomic mass is 14.6. The highest BCUT2D eigenvalue weighted by Gasteiger charge is 2.33. The topological polar surface area (TPSA) is 26.0 Å². The molecule has 0 aromatic heterocycles. The third-order valence-corrected chi connectivity index (χ3v) is 3.36. The Morgan fingerprint density at radius 2 is 2.23 bits per heavy atom. The van der Waals surface area contributed by atoms with Gasteiger partial charge in [-0.25, -0.2) is 0 Å². The number of hydrogen-bond donors (Lipinski definition) is 1. The van der Waals surface area contributed by atoms with Gasteiger partial charge in [0.15, 0.2) is 0 Å². The Hall–Kier alpha value is -0.820. The van der Waals surface area contributed by atoms with E-state index in [9.17, 15) is 0 Å². The van der Waals surface area contributed by atoms with E-state index in [0.717, 1.165) is 6.54 Å². The van der Waals surface area contributed by atoms with Gasteiger partial charge in [0, 0.05) is 12.0 Å². The zero-order valence-electron chi connectivity index (χ0n) is 8.43. The normalized spacial score (nSPS) is 26.1. The van der Waals surface area contributed by atoms with Crippen LogP contribution >= 0.6 is 0 Å². The Bertz CT molecular complexity index is 330. The summed E-state index contributed by atoms with van der Waals surface area (Å²) in [5.41, 5.74) is 10.5. The molecule has 13 heavy (non-hydrogen) atoms. The molecule has 1 aromatic carbocycles. The Morgan fingerprint density at radius 1 is 1.46 bits per heavy atom. The van der Waals surface area contributed by atoms with Crippen molar-refractivity contribution in [1.82, 2.24) is 0 Å². The number of fused-ring (bicyclic) bond motifs is 1. The molecule has 2 N–H and O–H groups in total. The van der Waals surface area contributed by atoms with Crippen LogP contribution < -0.4 is 5.73 Å². The zero-order valence-corrected chi connectivity index (χ0v) is 8.43. The van der Waals surface area contributed by atoms with Gasteiger partial charge in [0.05, 0.1) is 0 Å². The van der Waals surface area contributed by atoms with E-state index in [4.69, 9.17) is 5.73 Å². The van der Waals surface area contributed by atoms with Crippen molar-refractivity contribution in [3.8, 4) is 0 Å². The van der Waals surface area contributed by atoms with Crippen molar-refractivity contribution in [1.29, 1.82) is 0 Å². The largest absolute Gasteiger partial charge is 0.330 e. The van der Waals surface area contributed by atoms with E-state index >= 15 is 0 Å². The monoisotopic (exact) mass is 175 g/mol. The van der Waals surface area contributed by atoms with Crippen molar-refractivity contribution in [2.45, 2.75) is 32.1 Å². The fourth-order valence-electron chi connectivity index (χ4n) is 2.54. The molecule has 0 amide bonds. The van der Waals surface area contributed by atoms with Gasteiger partial charge in [-0.3, -0.25) is 0 Å². The first-order chi connectivity index (χ1) is 6.17. The fraction of sp³-hybridized carbons (Fsp3) is 0.500. The molecule has 1 aromatic rings. The van der Waals surface area contributed by atoms with Crippen LogP contribution in [0, 0.1) is 6.92 Å². The molecule has 1 heteroatoms. The lowest BCUT2D eigenvalue weighted by Crippen LogP contribution is -2.29. The second-order valence-electron chi connectivity index (χ2n) is 4.37. The summed E-state index contributed by atoms with van der Waals surface area (Å²) in [4.78, 5) is 0.